The van der Waals surface area contributed by atoms with Gasteiger partial charge in [-0.15, -0.1) is 0 Å². The van der Waals surface area contributed by atoms with Gasteiger partial charge in [-0.1, -0.05) is 0 Å². The van der Waals surface area contributed by atoms with Crippen LogP contribution in [0.25, 0.3) is 0 Å². The predicted octanol–water partition coefficient (Wildman–Crippen LogP) is 1.28. The van der Waals surface area contributed by atoms with Crippen molar-refractivity contribution >= 4 is 0 Å². The number of aromatic nitrogens is 1. The smallest absolute Gasteiger partial charge is 0.103 e. The van der Waals surface area contributed by atoms with E-state index in [-0.39, 0.29) is 0 Å². The molecular formula is C10H17N3. The van der Waals surface area contributed by atoms with Crippen LogP contribution in [0.5, 0.6) is 0 Å². The molecule has 0 saturated carbocycles. The van der Waals surface area contributed by atoms with Crippen molar-refractivity contribution in [1.29, 1.82) is 0 Å². The second-order valence-corrected chi connectivity index (χ2v) is 3.81. The average Bonchev–Trinajstić information content (AvgIpc) is 2.57. The molecule has 3 heteroatoms. The Kier molecular flexibility index (Phi) is 2.38. The molecule has 13 heavy (non-hydrogen) atoms. The Morgan fingerprint density at radius 2 is 2.00 bits per heavy atom. The van der Waals surface area contributed by atoms with Gasteiger partial charge in [0, 0.05) is 25.0 Å². The lowest BCUT2D eigenvalue weighted by atomic mass is 10.2. The van der Waals surface area contributed by atoms with E-state index in [1.54, 1.807) is 0 Å². The normalized spacial score (nSPS) is 22.3. The summed E-state index contributed by atoms with van der Waals surface area (Å²) >= 11 is 0. The first kappa shape index (κ1) is 8.78. The standard InChI is InChI=1S/C10H17N3/c1-12-7-4-8-13(2)10(12)9-5-3-6-11-9/h3,5-6,10-11H,4,7-8H2,1-2H3. The largest absolute Gasteiger partial charge is 0.363 e. The van der Waals surface area contributed by atoms with Gasteiger partial charge in [-0.25, -0.2) is 0 Å². The van der Waals surface area contributed by atoms with Gasteiger partial charge in [-0.3, -0.25) is 9.80 Å². The maximum atomic E-state index is 3.28. The predicted molar refractivity (Wildman–Crippen MR) is 53.4 cm³/mol. The molecule has 0 atom stereocenters. The van der Waals surface area contributed by atoms with Crippen LogP contribution < -0.4 is 0 Å². The third-order valence-electron chi connectivity index (χ3n) is 2.76. The van der Waals surface area contributed by atoms with Gasteiger partial charge in [0.25, 0.3) is 0 Å². The van der Waals surface area contributed by atoms with Gasteiger partial charge in [-0.2, -0.15) is 0 Å². The summed E-state index contributed by atoms with van der Waals surface area (Å²) in [7, 11) is 4.36. The lowest BCUT2D eigenvalue weighted by Gasteiger charge is -2.39. The maximum Gasteiger partial charge on any atom is 0.103 e. The summed E-state index contributed by atoms with van der Waals surface area (Å²) in [5.74, 6) is 0. The lowest BCUT2D eigenvalue weighted by Crippen LogP contribution is -2.43. The van der Waals surface area contributed by atoms with E-state index in [0.717, 1.165) is 0 Å². The van der Waals surface area contributed by atoms with Gasteiger partial charge in [0.1, 0.15) is 6.17 Å². The third-order valence-corrected chi connectivity index (χ3v) is 2.76. The first-order valence-corrected chi connectivity index (χ1v) is 4.83. The van der Waals surface area contributed by atoms with Crippen LogP contribution in [-0.4, -0.2) is 42.0 Å². The highest BCUT2D eigenvalue weighted by Gasteiger charge is 2.25. The highest BCUT2D eigenvalue weighted by atomic mass is 15.4. The van der Waals surface area contributed by atoms with Crippen molar-refractivity contribution in [3.63, 3.8) is 0 Å². The molecule has 3 nitrogen and oxygen atoms in total. The van der Waals surface area contributed by atoms with Crippen LogP contribution in [-0.2, 0) is 0 Å². The Labute approximate surface area is 79.3 Å². The van der Waals surface area contributed by atoms with Crippen molar-refractivity contribution in [2.24, 2.45) is 0 Å². The summed E-state index contributed by atoms with van der Waals surface area (Å²) in [4.78, 5) is 8.05. The quantitative estimate of drug-likeness (QED) is 0.701. The molecule has 2 rings (SSSR count). The molecule has 1 aliphatic rings. The first-order chi connectivity index (χ1) is 6.29. The number of aromatic amines is 1. The van der Waals surface area contributed by atoms with Crippen molar-refractivity contribution in [3.05, 3.63) is 24.0 Å². The first-order valence-electron chi connectivity index (χ1n) is 4.83. The Bertz CT molecular complexity index is 245. The van der Waals surface area contributed by atoms with E-state index in [9.17, 15) is 0 Å². The van der Waals surface area contributed by atoms with Gasteiger partial charge < -0.3 is 4.98 Å². The fourth-order valence-electron chi connectivity index (χ4n) is 2.13. The molecule has 0 unspecified atom stereocenters. The Hall–Kier alpha value is -0.800. The van der Waals surface area contributed by atoms with Gasteiger partial charge in [-0.05, 0) is 32.6 Å². The topological polar surface area (TPSA) is 22.3 Å². The van der Waals surface area contributed by atoms with Gasteiger partial charge in [0.2, 0.25) is 0 Å². The molecule has 0 amide bonds. The lowest BCUT2D eigenvalue weighted by molar-refractivity contribution is 0.0388. The number of nitrogens with one attached hydrogen (secondary N) is 1. The van der Waals surface area contributed by atoms with Crippen molar-refractivity contribution in [2.45, 2.75) is 12.6 Å². The zero-order chi connectivity index (χ0) is 9.26. The SMILES string of the molecule is CN1CCCN(C)C1c1ccc[nH]1. The van der Waals surface area contributed by atoms with Crippen LogP contribution in [0.15, 0.2) is 18.3 Å². The molecular weight excluding hydrogens is 162 g/mol. The van der Waals surface area contributed by atoms with E-state index < -0.39 is 0 Å². The van der Waals surface area contributed by atoms with Gasteiger partial charge in [0.15, 0.2) is 0 Å². The average molecular weight is 179 g/mol. The molecule has 0 aromatic carbocycles. The van der Waals surface area contributed by atoms with Crippen molar-refractivity contribution in [3.8, 4) is 0 Å². The highest BCUT2D eigenvalue weighted by Crippen LogP contribution is 2.24. The van der Waals surface area contributed by atoms with Gasteiger partial charge in [0.05, 0.1) is 0 Å². The van der Waals surface area contributed by atoms with Crippen LogP contribution in [0.1, 0.15) is 18.3 Å². The highest BCUT2D eigenvalue weighted by molar-refractivity contribution is 5.09. The molecule has 1 fully saturated rings. The summed E-state index contributed by atoms with van der Waals surface area (Å²) in [5.41, 5.74) is 1.30. The van der Waals surface area contributed by atoms with E-state index in [4.69, 9.17) is 0 Å². The summed E-state index contributed by atoms with van der Waals surface area (Å²) in [6.45, 7) is 2.38. The summed E-state index contributed by atoms with van der Waals surface area (Å²) in [6.07, 6.45) is 3.69. The number of hydrogen-bond donors (Lipinski definition) is 1. The minimum atomic E-state index is 0.434. The van der Waals surface area contributed by atoms with Crippen LogP contribution in [0.3, 0.4) is 0 Å². The fourth-order valence-corrected chi connectivity index (χ4v) is 2.13. The monoisotopic (exact) mass is 179 g/mol. The molecule has 1 aromatic heterocycles. The van der Waals surface area contributed by atoms with Crippen LogP contribution in [0, 0.1) is 0 Å². The fraction of sp³-hybridized carbons (Fsp3) is 0.600. The van der Waals surface area contributed by atoms with E-state index in [2.05, 4.69) is 41.0 Å². The van der Waals surface area contributed by atoms with E-state index in [0.29, 0.717) is 6.17 Å². The van der Waals surface area contributed by atoms with Crippen LogP contribution >= 0.6 is 0 Å². The zero-order valence-electron chi connectivity index (χ0n) is 8.33. The number of H-pyrrole nitrogens is 1. The molecule has 0 bridgehead atoms. The van der Waals surface area contributed by atoms with Crippen molar-refractivity contribution in [1.82, 2.24) is 14.8 Å². The molecule has 0 radical (unpaired) electrons. The number of nitrogens with zero attached hydrogens (tertiary/aromatic N) is 2. The molecule has 1 N–H and O–H groups in total. The minimum absolute atomic E-state index is 0.434. The van der Waals surface area contributed by atoms with Crippen LogP contribution in [0.4, 0.5) is 0 Å². The molecule has 1 aromatic rings. The van der Waals surface area contributed by atoms with E-state index in [1.165, 1.54) is 25.2 Å². The number of hydrogen-bond acceptors (Lipinski definition) is 2. The van der Waals surface area contributed by atoms with Crippen molar-refractivity contribution in [2.75, 3.05) is 27.2 Å². The molecule has 72 valence electrons. The maximum absolute atomic E-state index is 3.28. The Morgan fingerprint density at radius 3 is 2.54 bits per heavy atom. The Morgan fingerprint density at radius 1 is 1.31 bits per heavy atom. The minimum Gasteiger partial charge on any atom is -0.363 e. The Balaban J connectivity index is 2.19. The zero-order valence-corrected chi connectivity index (χ0v) is 8.33. The molecule has 2 heterocycles. The summed E-state index contributed by atoms with van der Waals surface area (Å²) in [6, 6.07) is 4.22. The second-order valence-electron chi connectivity index (χ2n) is 3.81. The molecule has 1 saturated heterocycles. The van der Waals surface area contributed by atoms with Gasteiger partial charge >= 0.3 is 0 Å². The van der Waals surface area contributed by atoms with E-state index in [1.807, 2.05) is 6.20 Å². The van der Waals surface area contributed by atoms with Crippen LogP contribution in [0.2, 0.25) is 0 Å². The van der Waals surface area contributed by atoms with Crippen molar-refractivity contribution < 1.29 is 0 Å². The molecule has 0 spiro atoms. The third kappa shape index (κ3) is 1.62. The summed E-state index contributed by atoms with van der Waals surface area (Å²) < 4.78 is 0. The second kappa shape index (κ2) is 3.52. The van der Waals surface area contributed by atoms with E-state index >= 15 is 0 Å². The number of rotatable bonds is 1. The molecule has 0 aliphatic carbocycles. The molecule has 1 aliphatic heterocycles. The summed E-state index contributed by atoms with van der Waals surface area (Å²) in [5, 5.41) is 0.